The first-order valence-corrected chi connectivity index (χ1v) is 7.48. The lowest BCUT2D eigenvalue weighted by Gasteiger charge is -2.10. The number of aryl methyl sites for hydroxylation is 1. The van der Waals surface area contributed by atoms with Gasteiger partial charge in [-0.15, -0.1) is 0 Å². The SMILES string of the molecule is [C]1=CC=CC1=C(CCc1ccccc1)Cc1ccccc1. The van der Waals surface area contributed by atoms with Crippen molar-refractivity contribution in [3.63, 3.8) is 0 Å². The molecule has 1 radical (unpaired) electrons. The molecule has 21 heavy (non-hydrogen) atoms. The van der Waals surface area contributed by atoms with Crippen LogP contribution < -0.4 is 0 Å². The van der Waals surface area contributed by atoms with Crippen molar-refractivity contribution < 1.29 is 0 Å². The van der Waals surface area contributed by atoms with Crippen molar-refractivity contribution in [3.8, 4) is 0 Å². The summed E-state index contributed by atoms with van der Waals surface area (Å²) in [4.78, 5) is 0. The van der Waals surface area contributed by atoms with Gasteiger partial charge in [0.05, 0.1) is 0 Å². The summed E-state index contributed by atoms with van der Waals surface area (Å²) in [5.74, 6) is 0. The molecule has 1 aliphatic carbocycles. The standard InChI is InChI=1S/C21H19/c1-3-9-18(10-4-1)15-16-21(20-13-7-8-14-20)17-19-11-5-2-6-12-19/h1-13H,15-17H2. The molecule has 0 bridgehead atoms. The van der Waals surface area contributed by atoms with Crippen LogP contribution in [0.3, 0.4) is 0 Å². The first kappa shape index (κ1) is 13.6. The van der Waals surface area contributed by atoms with E-state index >= 15 is 0 Å². The molecule has 3 rings (SSSR count). The van der Waals surface area contributed by atoms with Crippen LogP contribution in [0.5, 0.6) is 0 Å². The summed E-state index contributed by atoms with van der Waals surface area (Å²) in [7, 11) is 0. The van der Waals surface area contributed by atoms with E-state index in [1.807, 2.05) is 6.08 Å². The second-order valence-electron chi connectivity index (χ2n) is 5.34. The van der Waals surface area contributed by atoms with E-state index in [9.17, 15) is 0 Å². The third-order valence-electron chi connectivity index (χ3n) is 3.80. The third kappa shape index (κ3) is 3.82. The minimum Gasteiger partial charge on any atom is -0.0622 e. The number of rotatable bonds is 5. The molecule has 0 aliphatic heterocycles. The minimum absolute atomic E-state index is 1.01. The maximum absolute atomic E-state index is 3.36. The van der Waals surface area contributed by atoms with Crippen molar-refractivity contribution in [2.75, 3.05) is 0 Å². The van der Waals surface area contributed by atoms with Gasteiger partial charge in [-0.3, -0.25) is 0 Å². The number of allylic oxidation sites excluding steroid dienone is 6. The third-order valence-corrected chi connectivity index (χ3v) is 3.80. The molecule has 103 valence electrons. The molecule has 2 aromatic carbocycles. The number of hydrogen-bond acceptors (Lipinski definition) is 0. The van der Waals surface area contributed by atoms with Gasteiger partial charge in [-0.25, -0.2) is 0 Å². The van der Waals surface area contributed by atoms with E-state index in [4.69, 9.17) is 0 Å². The van der Waals surface area contributed by atoms with Crippen LogP contribution in [0, 0.1) is 6.08 Å². The summed E-state index contributed by atoms with van der Waals surface area (Å²) in [6.45, 7) is 0. The molecule has 0 amide bonds. The Kier molecular flexibility index (Phi) is 4.48. The minimum atomic E-state index is 1.01. The highest BCUT2D eigenvalue weighted by molar-refractivity contribution is 5.41. The molecule has 0 saturated heterocycles. The number of benzene rings is 2. The molecule has 0 atom stereocenters. The van der Waals surface area contributed by atoms with Crippen LogP contribution >= 0.6 is 0 Å². The van der Waals surface area contributed by atoms with Crippen molar-refractivity contribution >= 4 is 0 Å². The van der Waals surface area contributed by atoms with Gasteiger partial charge in [0.25, 0.3) is 0 Å². The van der Waals surface area contributed by atoms with Crippen molar-refractivity contribution in [3.05, 3.63) is 107 Å². The van der Waals surface area contributed by atoms with Gasteiger partial charge in [-0.05, 0) is 42.0 Å². The van der Waals surface area contributed by atoms with Crippen LogP contribution in [-0.4, -0.2) is 0 Å². The van der Waals surface area contributed by atoms with Gasteiger partial charge in [0.2, 0.25) is 0 Å². The normalized spacial score (nSPS) is 15.4. The molecule has 0 fully saturated rings. The van der Waals surface area contributed by atoms with Crippen LogP contribution in [0.15, 0.2) is 90.0 Å². The Morgan fingerprint density at radius 3 is 2.10 bits per heavy atom. The molecule has 1 aliphatic rings. The monoisotopic (exact) mass is 271 g/mol. The Bertz CT molecular complexity index is 644. The average molecular weight is 271 g/mol. The average Bonchev–Trinajstić information content (AvgIpc) is 3.08. The second kappa shape index (κ2) is 6.90. The van der Waals surface area contributed by atoms with Crippen molar-refractivity contribution in [2.24, 2.45) is 0 Å². The topological polar surface area (TPSA) is 0 Å². The molecule has 0 spiro atoms. The van der Waals surface area contributed by atoms with E-state index in [0.717, 1.165) is 19.3 Å². The maximum Gasteiger partial charge on any atom is -0.00578 e. The summed E-state index contributed by atoms with van der Waals surface area (Å²) in [6.07, 6.45) is 12.8. The molecular weight excluding hydrogens is 252 g/mol. The molecule has 0 saturated carbocycles. The molecule has 0 nitrogen and oxygen atoms in total. The zero-order valence-electron chi connectivity index (χ0n) is 12.1. The van der Waals surface area contributed by atoms with E-state index in [2.05, 4.69) is 78.9 Å². The van der Waals surface area contributed by atoms with Crippen LogP contribution in [0.4, 0.5) is 0 Å². The fourth-order valence-corrected chi connectivity index (χ4v) is 2.65. The predicted molar refractivity (Wildman–Crippen MR) is 88.9 cm³/mol. The van der Waals surface area contributed by atoms with Crippen LogP contribution in [0.25, 0.3) is 0 Å². The second-order valence-corrected chi connectivity index (χ2v) is 5.34. The Hall–Kier alpha value is -2.34. The molecule has 0 heteroatoms. The van der Waals surface area contributed by atoms with Crippen LogP contribution in [0.1, 0.15) is 17.5 Å². The largest absolute Gasteiger partial charge is 0.0622 e. The first-order valence-electron chi connectivity index (χ1n) is 7.48. The zero-order chi connectivity index (χ0) is 14.3. The van der Waals surface area contributed by atoms with Gasteiger partial charge < -0.3 is 0 Å². The fourth-order valence-electron chi connectivity index (χ4n) is 2.65. The Morgan fingerprint density at radius 1 is 0.810 bits per heavy atom. The highest BCUT2D eigenvalue weighted by atomic mass is 14.1. The Balaban J connectivity index is 1.76. The van der Waals surface area contributed by atoms with Crippen LogP contribution in [-0.2, 0) is 12.8 Å². The summed E-state index contributed by atoms with van der Waals surface area (Å²) >= 11 is 0. The van der Waals surface area contributed by atoms with E-state index in [-0.39, 0.29) is 0 Å². The number of hydrogen-bond donors (Lipinski definition) is 0. The highest BCUT2D eigenvalue weighted by Gasteiger charge is 2.07. The van der Waals surface area contributed by atoms with Gasteiger partial charge in [-0.2, -0.15) is 0 Å². The molecule has 0 aromatic heterocycles. The molecule has 0 unspecified atom stereocenters. The Labute approximate surface area is 127 Å². The predicted octanol–water partition coefficient (Wildman–Crippen LogP) is 5.09. The van der Waals surface area contributed by atoms with E-state index in [1.54, 1.807) is 0 Å². The van der Waals surface area contributed by atoms with Crippen molar-refractivity contribution in [1.29, 1.82) is 0 Å². The van der Waals surface area contributed by atoms with Crippen LogP contribution in [0.2, 0.25) is 0 Å². The van der Waals surface area contributed by atoms with E-state index in [0.29, 0.717) is 0 Å². The first-order chi connectivity index (χ1) is 10.4. The summed E-state index contributed by atoms with van der Waals surface area (Å²) < 4.78 is 0. The van der Waals surface area contributed by atoms with Gasteiger partial charge in [0.15, 0.2) is 0 Å². The molecule has 0 heterocycles. The quantitative estimate of drug-likeness (QED) is 0.710. The summed E-state index contributed by atoms with van der Waals surface area (Å²) in [5.41, 5.74) is 5.50. The van der Waals surface area contributed by atoms with Gasteiger partial charge >= 0.3 is 0 Å². The smallest absolute Gasteiger partial charge is 0.00578 e. The van der Waals surface area contributed by atoms with Gasteiger partial charge in [-0.1, -0.05) is 84.5 Å². The molecule has 0 N–H and O–H groups in total. The summed E-state index contributed by atoms with van der Waals surface area (Å²) in [6, 6.07) is 21.4. The highest BCUT2D eigenvalue weighted by Crippen LogP contribution is 2.22. The lowest BCUT2D eigenvalue weighted by Crippen LogP contribution is -1.97. The lowest BCUT2D eigenvalue weighted by molar-refractivity contribution is 0.891. The van der Waals surface area contributed by atoms with E-state index in [1.165, 1.54) is 22.3 Å². The molecule has 2 aromatic rings. The maximum atomic E-state index is 3.36. The summed E-state index contributed by atoms with van der Waals surface area (Å²) in [5, 5.41) is 0. The van der Waals surface area contributed by atoms with E-state index < -0.39 is 0 Å². The van der Waals surface area contributed by atoms with Crippen molar-refractivity contribution in [1.82, 2.24) is 0 Å². The van der Waals surface area contributed by atoms with Crippen molar-refractivity contribution in [2.45, 2.75) is 19.3 Å². The fraction of sp³-hybridized carbons (Fsp3) is 0.143. The lowest BCUT2D eigenvalue weighted by atomic mass is 9.94. The van der Waals surface area contributed by atoms with Gasteiger partial charge in [0.1, 0.15) is 0 Å². The van der Waals surface area contributed by atoms with Gasteiger partial charge in [0, 0.05) is 0 Å². The molecular formula is C21H19. The zero-order valence-corrected chi connectivity index (χ0v) is 12.1. The Morgan fingerprint density at radius 2 is 1.48 bits per heavy atom.